The molecule has 1 aromatic carbocycles. The standard InChI is InChI=1S/C20H25N3O3/c1-2-23(15-9-5-3-6-10-15)20(25)17-13-21-18(22-19(17)24)14-26-16-11-7-4-8-12-16/h4,7-8,11-13,15H,2-3,5-6,9-10,14H2,1H3,(H,21,22,24). The topological polar surface area (TPSA) is 75.3 Å². The Kier molecular flexibility index (Phi) is 6.04. The number of H-pyrrole nitrogens is 1. The van der Waals surface area contributed by atoms with Crippen LogP contribution in [-0.2, 0) is 6.61 Å². The molecule has 1 amide bonds. The number of aromatic amines is 1. The van der Waals surface area contributed by atoms with Gasteiger partial charge in [0, 0.05) is 18.8 Å². The summed E-state index contributed by atoms with van der Waals surface area (Å²) in [7, 11) is 0. The normalized spacial score (nSPS) is 14.8. The molecule has 0 bridgehead atoms. The van der Waals surface area contributed by atoms with Gasteiger partial charge in [0.05, 0.1) is 0 Å². The van der Waals surface area contributed by atoms with E-state index in [1.807, 2.05) is 42.2 Å². The van der Waals surface area contributed by atoms with Crippen LogP contribution in [0.1, 0.15) is 55.2 Å². The molecule has 1 heterocycles. The molecule has 6 nitrogen and oxygen atoms in total. The van der Waals surface area contributed by atoms with Gasteiger partial charge < -0.3 is 14.6 Å². The van der Waals surface area contributed by atoms with Gasteiger partial charge in [-0.15, -0.1) is 0 Å². The molecule has 0 unspecified atom stereocenters. The Bertz CT molecular complexity index is 782. The Morgan fingerprint density at radius 1 is 1.23 bits per heavy atom. The number of hydrogen-bond acceptors (Lipinski definition) is 4. The summed E-state index contributed by atoms with van der Waals surface area (Å²) < 4.78 is 5.58. The van der Waals surface area contributed by atoms with Gasteiger partial charge in [0.1, 0.15) is 23.7 Å². The van der Waals surface area contributed by atoms with Gasteiger partial charge in [0.2, 0.25) is 0 Å². The highest BCUT2D eigenvalue weighted by molar-refractivity contribution is 5.93. The second kappa shape index (κ2) is 8.65. The van der Waals surface area contributed by atoms with E-state index in [0.717, 1.165) is 25.7 Å². The van der Waals surface area contributed by atoms with Gasteiger partial charge in [0.15, 0.2) is 0 Å². The van der Waals surface area contributed by atoms with E-state index in [9.17, 15) is 9.59 Å². The third-order valence-corrected chi connectivity index (χ3v) is 4.82. The number of hydrogen-bond donors (Lipinski definition) is 1. The number of benzene rings is 1. The summed E-state index contributed by atoms with van der Waals surface area (Å²) in [6, 6.07) is 9.54. The number of carbonyl (C=O) groups excluding carboxylic acids is 1. The highest BCUT2D eigenvalue weighted by atomic mass is 16.5. The summed E-state index contributed by atoms with van der Waals surface area (Å²) in [5.74, 6) is 0.865. The maximum absolute atomic E-state index is 12.8. The van der Waals surface area contributed by atoms with Crippen molar-refractivity contribution < 1.29 is 9.53 Å². The van der Waals surface area contributed by atoms with Crippen LogP contribution in [0.25, 0.3) is 0 Å². The average molecular weight is 355 g/mol. The number of para-hydroxylation sites is 1. The molecule has 1 aliphatic carbocycles. The zero-order valence-electron chi connectivity index (χ0n) is 15.1. The summed E-state index contributed by atoms with van der Waals surface area (Å²) in [6.45, 7) is 2.70. The van der Waals surface area contributed by atoms with Crippen LogP contribution in [0.15, 0.2) is 41.3 Å². The van der Waals surface area contributed by atoms with Crippen molar-refractivity contribution in [2.45, 2.75) is 51.7 Å². The van der Waals surface area contributed by atoms with E-state index < -0.39 is 5.56 Å². The Labute approximate surface area is 153 Å². The van der Waals surface area contributed by atoms with E-state index in [1.165, 1.54) is 12.6 Å². The summed E-state index contributed by atoms with van der Waals surface area (Å²) in [4.78, 5) is 33.9. The molecule has 26 heavy (non-hydrogen) atoms. The first-order valence-electron chi connectivity index (χ1n) is 9.26. The number of nitrogens with one attached hydrogen (secondary N) is 1. The second-order valence-corrected chi connectivity index (χ2v) is 6.56. The summed E-state index contributed by atoms with van der Waals surface area (Å²) >= 11 is 0. The maximum Gasteiger partial charge on any atom is 0.263 e. The number of carbonyl (C=O) groups is 1. The predicted molar refractivity (Wildman–Crippen MR) is 99.2 cm³/mol. The molecule has 6 heteroatoms. The molecule has 1 aromatic heterocycles. The van der Waals surface area contributed by atoms with Crippen molar-refractivity contribution in [2.24, 2.45) is 0 Å². The molecular weight excluding hydrogens is 330 g/mol. The van der Waals surface area contributed by atoms with Gasteiger partial charge >= 0.3 is 0 Å². The minimum absolute atomic E-state index is 0.0980. The second-order valence-electron chi connectivity index (χ2n) is 6.56. The molecule has 0 aliphatic heterocycles. The third-order valence-electron chi connectivity index (χ3n) is 4.82. The van der Waals surface area contributed by atoms with Gasteiger partial charge in [-0.25, -0.2) is 4.98 Å². The largest absolute Gasteiger partial charge is 0.486 e. The monoisotopic (exact) mass is 355 g/mol. The van der Waals surface area contributed by atoms with E-state index in [4.69, 9.17) is 4.74 Å². The number of amides is 1. The van der Waals surface area contributed by atoms with Gasteiger partial charge in [-0.2, -0.15) is 0 Å². The van der Waals surface area contributed by atoms with Crippen molar-refractivity contribution in [3.63, 3.8) is 0 Å². The van der Waals surface area contributed by atoms with E-state index >= 15 is 0 Å². The number of aromatic nitrogens is 2. The van der Waals surface area contributed by atoms with Crippen LogP contribution in [-0.4, -0.2) is 33.4 Å². The van der Waals surface area contributed by atoms with Gasteiger partial charge in [-0.1, -0.05) is 37.5 Å². The molecular formula is C20H25N3O3. The van der Waals surface area contributed by atoms with E-state index in [-0.39, 0.29) is 24.1 Å². The van der Waals surface area contributed by atoms with Crippen molar-refractivity contribution in [3.05, 3.63) is 58.3 Å². The lowest BCUT2D eigenvalue weighted by Gasteiger charge is -2.33. The molecule has 1 fully saturated rings. The van der Waals surface area contributed by atoms with Crippen molar-refractivity contribution in [2.75, 3.05) is 6.54 Å². The van der Waals surface area contributed by atoms with Gasteiger partial charge in [0.25, 0.3) is 11.5 Å². The fraction of sp³-hybridized carbons (Fsp3) is 0.450. The van der Waals surface area contributed by atoms with Crippen LogP contribution in [0.4, 0.5) is 0 Å². The SMILES string of the molecule is CCN(C(=O)c1cnc(COc2ccccc2)[nH]c1=O)C1CCCCC1. The molecule has 3 rings (SSSR count). The van der Waals surface area contributed by atoms with E-state index in [0.29, 0.717) is 18.1 Å². The van der Waals surface area contributed by atoms with Crippen LogP contribution in [0.2, 0.25) is 0 Å². The molecule has 1 saturated carbocycles. The summed E-state index contributed by atoms with van der Waals surface area (Å²) in [5, 5.41) is 0. The first kappa shape index (κ1) is 18.2. The van der Waals surface area contributed by atoms with Gasteiger partial charge in [-0.05, 0) is 31.9 Å². The Balaban J connectivity index is 1.69. The van der Waals surface area contributed by atoms with Crippen LogP contribution in [0, 0.1) is 0 Å². The average Bonchev–Trinajstić information content (AvgIpc) is 2.68. The zero-order valence-corrected chi connectivity index (χ0v) is 15.1. The minimum Gasteiger partial charge on any atom is -0.486 e. The van der Waals surface area contributed by atoms with Crippen LogP contribution in [0.5, 0.6) is 5.75 Å². The lowest BCUT2D eigenvalue weighted by molar-refractivity contribution is 0.0645. The summed E-state index contributed by atoms with van der Waals surface area (Å²) in [5.41, 5.74) is -0.313. The molecule has 0 atom stereocenters. The minimum atomic E-state index is -0.411. The molecule has 138 valence electrons. The molecule has 2 aromatic rings. The number of nitrogens with zero attached hydrogens (tertiary/aromatic N) is 2. The fourth-order valence-corrected chi connectivity index (χ4v) is 3.44. The van der Waals surface area contributed by atoms with Gasteiger partial charge in [-0.3, -0.25) is 9.59 Å². The summed E-state index contributed by atoms with van der Waals surface area (Å²) in [6.07, 6.45) is 6.89. The van der Waals surface area contributed by atoms with Crippen molar-refractivity contribution in [1.29, 1.82) is 0 Å². The molecule has 1 aliphatic rings. The first-order valence-corrected chi connectivity index (χ1v) is 9.26. The fourth-order valence-electron chi connectivity index (χ4n) is 3.44. The lowest BCUT2D eigenvalue weighted by atomic mass is 9.94. The van der Waals surface area contributed by atoms with Crippen LogP contribution < -0.4 is 10.3 Å². The van der Waals surface area contributed by atoms with Crippen molar-refractivity contribution in [1.82, 2.24) is 14.9 Å². The smallest absolute Gasteiger partial charge is 0.263 e. The van der Waals surface area contributed by atoms with Crippen molar-refractivity contribution in [3.8, 4) is 5.75 Å². The lowest BCUT2D eigenvalue weighted by Crippen LogP contribution is -2.43. The molecule has 0 saturated heterocycles. The third kappa shape index (κ3) is 4.31. The van der Waals surface area contributed by atoms with E-state index in [1.54, 1.807) is 0 Å². The Hall–Kier alpha value is -2.63. The quantitative estimate of drug-likeness (QED) is 0.864. The van der Waals surface area contributed by atoms with Crippen LogP contribution in [0.3, 0.4) is 0 Å². The predicted octanol–water partition coefficient (Wildman–Crippen LogP) is 3.14. The van der Waals surface area contributed by atoms with Crippen molar-refractivity contribution >= 4 is 5.91 Å². The molecule has 0 radical (unpaired) electrons. The van der Waals surface area contributed by atoms with Crippen LogP contribution >= 0.6 is 0 Å². The number of ether oxygens (including phenoxy) is 1. The van der Waals surface area contributed by atoms with E-state index in [2.05, 4.69) is 9.97 Å². The highest BCUT2D eigenvalue weighted by Gasteiger charge is 2.26. The number of rotatable bonds is 6. The Morgan fingerprint density at radius 3 is 2.62 bits per heavy atom. The Morgan fingerprint density at radius 2 is 1.96 bits per heavy atom. The molecule has 0 spiro atoms. The zero-order chi connectivity index (χ0) is 18.4. The highest BCUT2D eigenvalue weighted by Crippen LogP contribution is 2.23. The first-order chi connectivity index (χ1) is 12.7. The maximum atomic E-state index is 12.8. The molecule has 1 N–H and O–H groups in total.